The van der Waals surface area contributed by atoms with E-state index in [1.54, 1.807) is 12.1 Å². The zero-order valence-electron chi connectivity index (χ0n) is 9.46. The Morgan fingerprint density at radius 2 is 2.06 bits per heavy atom. The van der Waals surface area contributed by atoms with Gasteiger partial charge in [-0.2, -0.15) is 0 Å². The number of amides is 1. The largest absolute Gasteiger partial charge is 0.397 e. The number of halogens is 2. The van der Waals surface area contributed by atoms with E-state index in [-0.39, 0.29) is 5.91 Å². The van der Waals surface area contributed by atoms with Crippen molar-refractivity contribution in [2.75, 3.05) is 11.1 Å². The van der Waals surface area contributed by atoms with Crippen LogP contribution in [0.3, 0.4) is 0 Å². The van der Waals surface area contributed by atoms with E-state index in [1.165, 1.54) is 11.3 Å². The van der Waals surface area contributed by atoms with Crippen LogP contribution in [0.5, 0.6) is 0 Å². The molecule has 1 aromatic heterocycles. The van der Waals surface area contributed by atoms with E-state index < -0.39 is 0 Å². The molecule has 0 saturated heterocycles. The van der Waals surface area contributed by atoms with Crippen molar-refractivity contribution in [1.29, 1.82) is 0 Å². The van der Waals surface area contributed by atoms with Crippen LogP contribution < -0.4 is 11.1 Å². The third-order valence-electron chi connectivity index (χ3n) is 2.33. The highest BCUT2D eigenvalue weighted by molar-refractivity contribution is 9.13. The van der Waals surface area contributed by atoms with Gasteiger partial charge in [0.2, 0.25) is 0 Å². The van der Waals surface area contributed by atoms with Crippen molar-refractivity contribution in [1.82, 2.24) is 0 Å². The predicted molar refractivity (Wildman–Crippen MR) is 83.3 cm³/mol. The van der Waals surface area contributed by atoms with Crippen LogP contribution in [-0.4, -0.2) is 5.91 Å². The quantitative estimate of drug-likeness (QED) is 0.747. The van der Waals surface area contributed by atoms with Crippen LogP contribution in [-0.2, 0) is 0 Å². The molecule has 3 nitrogen and oxygen atoms in total. The minimum absolute atomic E-state index is 0.163. The molecule has 0 atom stereocenters. The van der Waals surface area contributed by atoms with Crippen LogP contribution in [0.25, 0.3) is 0 Å². The molecular weight excluding hydrogens is 380 g/mol. The highest BCUT2D eigenvalue weighted by atomic mass is 79.9. The van der Waals surface area contributed by atoms with Crippen molar-refractivity contribution < 1.29 is 4.79 Å². The van der Waals surface area contributed by atoms with Gasteiger partial charge in [0.1, 0.15) is 0 Å². The highest BCUT2D eigenvalue weighted by Crippen LogP contribution is 2.33. The van der Waals surface area contributed by atoms with E-state index in [4.69, 9.17) is 5.73 Å². The number of benzene rings is 1. The van der Waals surface area contributed by atoms with Gasteiger partial charge in [-0.05, 0) is 62.5 Å². The molecule has 1 heterocycles. The highest BCUT2D eigenvalue weighted by Gasteiger charge is 2.13. The van der Waals surface area contributed by atoms with Crippen molar-refractivity contribution in [2.24, 2.45) is 0 Å². The summed E-state index contributed by atoms with van der Waals surface area (Å²) >= 11 is 8.09. The van der Waals surface area contributed by atoms with Gasteiger partial charge >= 0.3 is 0 Å². The third kappa shape index (κ3) is 2.93. The van der Waals surface area contributed by atoms with E-state index in [9.17, 15) is 4.79 Å². The number of anilines is 2. The summed E-state index contributed by atoms with van der Waals surface area (Å²) in [4.78, 5) is 12.7. The van der Waals surface area contributed by atoms with E-state index in [0.717, 1.165) is 13.8 Å². The molecule has 0 radical (unpaired) electrons. The summed E-state index contributed by atoms with van der Waals surface area (Å²) in [5, 5.41) is 2.81. The number of aryl methyl sites for hydroxylation is 1. The summed E-state index contributed by atoms with van der Waals surface area (Å²) < 4.78 is 1.76. The minimum atomic E-state index is -0.163. The lowest BCUT2D eigenvalue weighted by Gasteiger charge is -2.07. The first-order chi connectivity index (χ1) is 8.47. The SMILES string of the molecule is Cc1ccc(N)c(NC(=O)c2cc(Br)c(Br)s2)c1. The van der Waals surface area contributed by atoms with Gasteiger partial charge < -0.3 is 11.1 Å². The topological polar surface area (TPSA) is 55.1 Å². The van der Waals surface area contributed by atoms with E-state index in [0.29, 0.717) is 16.3 Å². The number of hydrogen-bond donors (Lipinski definition) is 2. The summed E-state index contributed by atoms with van der Waals surface area (Å²) in [5.41, 5.74) is 8.07. The average Bonchev–Trinajstić information content (AvgIpc) is 2.64. The predicted octanol–water partition coefficient (Wildman–Crippen LogP) is 4.42. The molecular formula is C12H10Br2N2OS. The Balaban J connectivity index is 2.23. The second kappa shape index (κ2) is 5.42. The Labute approximate surface area is 126 Å². The van der Waals surface area contributed by atoms with Gasteiger partial charge in [-0.1, -0.05) is 6.07 Å². The Hall–Kier alpha value is -0.850. The van der Waals surface area contributed by atoms with Gasteiger partial charge in [-0.3, -0.25) is 4.79 Å². The Morgan fingerprint density at radius 1 is 1.33 bits per heavy atom. The van der Waals surface area contributed by atoms with Crippen LogP contribution in [0.1, 0.15) is 15.2 Å². The first-order valence-corrected chi connectivity index (χ1v) is 7.50. The van der Waals surface area contributed by atoms with Crippen molar-refractivity contribution in [2.45, 2.75) is 6.92 Å². The Bertz CT molecular complexity index is 591. The molecule has 0 fully saturated rings. The van der Waals surface area contributed by atoms with Crippen LogP contribution >= 0.6 is 43.2 Å². The molecule has 2 rings (SSSR count). The summed E-state index contributed by atoms with van der Waals surface area (Å²) in [7, 11) is 0. The molecule has 6 heteroatoms. The van der Waals surface area contributed by atoms with Gasteiger partial charge in [-0.25, -0.2) is 0 Å². The number of hydrogen-bond acceptors (Lipinski definition) is 3. The molecule has 0 aliphatic rings. The molecule has 0 saturated carbocycles. The standard InChI is InChI=1S/C12H10Br2N2OS/c1-6-2-3-8(15)9(4-6)16-12(17)10-5-7(13)11(14)18-10/h2-5H,15H2,1H3,(H,16,17). The lowest BCUT2D eigenvalue weighted by molar-refractivity contribution is 0.103. The number of thiophene rings is 1. The number of nitrogens with one attached hydrogen (secondary N) is 1. The van der Waals surface area contributed by atoms with Gasteiger partial charge in [-0.15, -0.1) is 11.3 Å². The molecule has 2 aromatic rings. The zero-order valence-corrected chi connectivity index (χ0v) is 13.4. The van der Waals surface area contributed by atoms with Crippen molar-refractivity contribution in [3.63, 3.8) is 0 Å². The Kier molecular flexibility index (Phi) is 4.09. The van der Waals surface area contributed by atoms with E-state index in [2.05, 4.69) is 37.2 Å². The smallest absolute Gasteiger partial charge is 0.265 e. The minimum Gasteiger partial charge on any atom is -0.397 e. The summed E-state index contributed by atoms with van der Waals surface area (Å²) in [6.07, 6.45) is 0. The molecule has 3 N–H and O–H groups in total. The molecule has 1 amide bonds. The van der Waals surface area contributed by atoms with Gasteiger partial charge in [0.15, 0.2) is 0 Å². The van der Waals surface area contributed by atoms with Gasteiger partial charge in [0.05, 0.1) is 20.0 Å². The van der Waals surface area contributed by atoms with Crippen molar-refractivity contribution in [3.8, 4) is 0 Å². The zero-order chi connectivity index (χ0) is 13.3. The maximum absolute atomic E-state index is 12.0. The number of rotatable bonds is 2. The molecule has 18 heavy (non-hydrogen) atoms. The monoisotopic (exact) mass is 388 g/mol. The van der Waals surface area contributed by atoms with Crippen molar-refractivity contribution >= 4 is 60.5 Å². The van der Waals surface area contributed by atoms with Crippen LogP contribution in [0.15, 0.2) is 32.5 Å². The second-order valence-electron chi connectivity index (χ2n) is 3.78. The summed E-state index contributed by atoms with van der Waals surface area (Å²) in [6.45, 7) is 1.95. The summed E-state index contributed by atoms with van der Waals surface area (Å²) in [6, 6.07) is 7.31. The third-order valence-corrected chi connectivity index (χ3v) is 5.58. The number of carbonyl (C=O) groups is 1. The number of carbonyl (C=O) groups excluding carboxylic acids is 1. The molecule has 0 spiro atoms. The molecule has 0 aliphatic carbocycles. The van der Waals surface area contributed by atoms with E-state index >= 15 is 0 Å². The maximum atomic E-state index is 12.0. The first kappa shape index (κ1) is 13.6. The average molecular weight is 390 g/mol. The molecule has 0 bridgehead atoms. The molecule has 0 aliphatic heterocycles. The van der Waals surface area contributed by atoms with Crippen LogP contribution in [0.4, 0.5) is 11.4 Å². The molecule has 94 valence electrons. The van der Waals surface area contributed by atoms with Gasteiger partial charge in [0, 0.05) is 4.47 Å². The van der Waals surface area contributed by atoms with Crippen LogP contribution in [0, 0.1) is 6.92 Å². The lowest BCUT2D eigenvalue weighted by Crippen LogP contribution is -2.11. The molecule has 0 unspecified atom stereocenters. The number of nitrogen functional groups attached to an aromatic ring is 1. The number of nitrogens with two attached hydrogens (primary N) is 1. The van der Waals surface area contributed by atoms with Crippen molar-refractivity contribution in [3.05, 3.63) is 43.0 Å². The lowest BCUT2D eigenvalue weighted by atomic mass is 10.2. The maximum Gasteiger partial charge on any atom is 0.265 e. The summed E-state index contributed by atoms with van der Waals surface area (Å²) in [5.74, 6) is -0.163. The van der Waals surface area contributed by atoms with Gasteiger partial charge in [0.25, 0.3) is 5.91 Å². The van der Waals surface area contributed by atoms with Crippen LogP contribution in [0.2, 0.25) is 0 Å². The normalized spacial score (nSPS) is 10.4. The Morgan fingerprint density at radius 3 is 2.67 bits per heavy atom. The fraction of sp³-hybridized carbons (Fsp3) is 0.0833. The first-order valence-electron chi connectivity index (χ1n) is 5.09. The van der Waals surface area contributed by atoms with E-state index in [1.807, 2.05) is 19.1 Å². The molecule has 1 aromatic carbocycles. The fourth-order valence-corrected chi connectivity index (χ4v) is 3.35. The fourth-order valence-electron chi connectivity index (χ4n) is 1.42. The second-order valence-corrected chi connectivity index (χ2v) is 7.00.